The molecule has 0 spiro atoms. The molecule has 0 amide bonds. The van der Waals surface area contributed by atoms with Crippen LogP contribution in [-0.2, 0) is 6.54 Å². The second-order valence-electron chi connectivity index (χ2n) is 5.31. The Morgan fingerprint density at radius 2 is 2.20 bits per heavy atom. The van der Waals surface area contributed by atoms with Gasteiger partial charge in [0.15, 0.2) is 0 Å². The van der Waals surface area contributed by atoms with Crippen molar-refractivity contribution < 1.29 is 0 Å². The molecular formula is C16H22N4. The summed E-state index contributed by atoms with van der Waals surface area (Å²) in [6.07, 6.45) is 4.81. The lowest BCUT2D eigenvalue weighted by Gasteiger charge is -2.16. The number of rotatable bonds is 6. The molecule has 0 aliphatic heterocycles. The van der Waals surface area contributed by atoms with Gasteiger partial charge in [-0.1, -0.05) is 33.1 Å². The second kappa shape index (κ2) is 6.42. The third-order valence-corrected chi connectivity index (χ3v) is 3.89. The standard InChI is InChI=1S/C16H22N4/c1-3-5-6-12(4-2)11-20-15-9-13(10-17)7-8-14(15)19-16(20)18/h7-9,12H,3-6,11H2,1-2H3,(H2,18,19). The van der Waals surface area contributed by atoms with Crippen molar-refractivity contribution in [2.75, 3.05) is 5.73 Å². The summed E-state index contributed by atoms with van der Waals surface area (Å²) < 4.78 is 2.06. The predicted molar refractivity (Wildman–Crippen MR) is 82.2 cm³/mol. The summed E-state index contributed by atoms with van der Waals surface area (Å²) in [5.41, 5.74) is 8.53. The number of hydrogen-bond acceptors (Lipinski definition) is 3. The van der Waals surface area contributed by atoms with Gasteiger partial charge in [0.25, 0.3) is 0 Å². The lowest BCUT2D eigenvalue weighted by molar-refractivity contribution is 0.398. The molecule has 4 heteroatoms. The summed E-state index contributed by atoms with van der Waals surface area (Å²) in [5, 5.41) is 9.03. The summed E-state index contributed by atoms with van der Waals surface area (Å²) in [6.45, 7) is 5.32. The molecule has 0 aliphatic carbocycles. The number of benzene rings is 1. The van der Waals surface area contributed by atoms with Gasteiger partial charge in [0.2, 0.25) is 5.95 Å². The highest BCUT2D eigenvalue weighted by atomic mass is 15.2. The predicted octanol–water partition coefficient (Wildman–Crippen LogP) is 3.71. The molecule has 1 aromatic heterocycles. The van der Waals surface area contributed by atoms with E-state index >= 15 is 0 Å². The van der Waals surface area contributed by atoms with Gasteiger partial charge >= 0.3 is 0 Å². The van der Waals surface area contributed by atoms with E-state index in [1.165, 1.54) is 19.3 Å². The maximum absolute atomic E-state index is 9.03. The highest BCUT2D eigenvalue weighted by Gasteiger charge is 2.13. The van der Waals surface area contributed by atoms with E-state index in [1.54, 1.807) is 6.07 Å². The second-order valence-corrected chi connectivity index (χ2v) is 5.31. The van der Waals surface area contributed by atoms with E-state index < -0.39 is 0 Å². The fraction of sp³-hybridized carbons (Fsp3) is 0.500. The molecule has 0 saturated carbocycles. The Morgan fingerprint density at radius 3 is 2.85 bits per heavy atom. The zero-order valence-electron chi connectivity index (χ0n) is 12.3. The van der Waals surface area contributed by atoms with Crippen LogP contribution in [0.3, 0.4) is 0 Å². The number of unbranched alkanes of at least 4 members (excludes halogenated alkanes) is 1. The van der Waals surface area contributed by atoms with Crippen molar-refractivity contribution in [3.8, 4) is 6.07 Å². The molecule has 1 unspecified atom stereocenters. The first kappa shape index (κ1) is 14.4. The Kier molecular flexibility index (Phi) is 4.62. The van der Waals surface area contributed by atoms with Gasteiger partial charge in [-0.15, -0.1) is 0 Å². The van der Waals surface area contributed by atoms with Gasteiger partial charge in [0.05, 0.1) is 22.7 Å². The Balaban J connectivity index is 2.32. The number of aromatic nitrogens is 2. The van der Waals surface area contributed by atoms with Gasteiger partial charge in [-0.05, 0) is 30.5 Å². The number of nitriles is 1. The fourth-order valence-electron chi connectivity index (χ4n) is 2.58. The quantitative estimate of drug-likeness (QED) is 0.870. The van der Waals surface area contributed by atoms with Crippen LogP contribution in [0.5, 0.6) is 0 Å². The molecule has 2 N–H and O–H groups in total. The van der Waals surface area contributed by atoms with Crippen molar-refractivity contribution in [2.45, 2.75) is 46.1 Å². The zero-order valence-corrected chi connectivity index (χ0v) is 12.3. The van der Waals surface area contributed by atoms with Gasteiger partial charge in [-0.25, -0.2) is 4.98 Å². The van der Waals surface area contributed by atoms with E-state index in [0.29, 0.717) is 17.4 Å². The van der Waals surface area contributed by atoms with Crippen molar-refractivity contribution in [1.82, 2.24) is 9.55 Å². The number of anilines is 1. The van der Waals surface area contributed by atoms with Crippen LogP contribution in [0.2, 0.25) is 0 Å². The van der Waals surface area contributed by atoms with Crippen molar-refractivity contribution in [2.24, 2.45) is 5.92 Å². The lowest BCUT2D eigenvalue weighted by Crippen LogP contribution is -2.12. The highest BCUT2D eigenvalue weighted by molar-refractivity contribution is 5.79. The molecule has 20 heavy (non-hydrogen) atoms. The minimum Gasteiger partial charge on any atom is -0.369 e. The normalized spacial score (nSPS) is 12.4. The zero-order chi connectivity index (χ0) is 14.5. The number of fused-ring (bicyclic) bond motifs is 1. The van der Waals surface area contributed by atoms with Crippen molar-refractivity contribution in [3.63, 3.8) is 0 Å². The van der Waals surface area contributed by atoms with Gasteiger partial charge < -0.3 is 10.3 Å². The number of imidazole rings is 1. The third kappa shape index (κ3) is 2.93. The fourth-order valence-corrected chi connectivity index (χ4v) is 2.58. The molecular weight excluding hydrogens is 248 g/mol. The van der Waals surface area contributed by atoms with Gasteiger partial charge in [0.1, 0.15) is 0 Å². The molecule has 0 aliphatic rings. The van der Waals surface area contributed by atoms with Crippen LogP contribution in [0.25, 0.3) is 11.0 Å². The topological polar surface area (TPSA) is 67.6 Å². The average Bonchev–Trinajstić information content (AvgIpc) is 2.78. The SMILES string of the molecule is CCCCC(CC)Cn1c(N)nc2ccc(C#N)cc21. The molecule has 1 aromatic carbocycles. The van der Waals surface area contributed by atoms with Crippen LogP contribution >= 0.6 is 0 Å². The molecule has 1 heterocycles. The highest BCUT2D eigenvalue weighted by Crippen LogP contribution is 2.23. The largest absolute Gasteiger partial charge is 0.369 e. The minimum absolute atomic E-state index is 0.546. The number of nitrogens with zero attached hydrogens (tertiary/aromatic N) is 3. The Labute approximate surface area is 120 Å². The van der Waals surface area contributed by atoms with Crippen molar-refractivity contribution >= 4 is 17.0 Å². The van der Waals surface area contributed by atoms with Crippen molar-refractivity contribution in [3.05, 3.63) is 23.8 Å². The van der Waals surface area contributed by atoms with Crippen LogP contribution in [0.1, 0.15) is 45.1 Å². The van der Waals surface area contributed by atoms with Crippen LogP contribution < -0.4 is 5.73 Å². The maximum Gasteiger partial charge on any atom is 0.201 e. The van der Waals surface area contributed by atoms with Crippen LogP contribution in [0, 0.1) is 17.2 Å². The average molecular weight is 270 g/mol. The molecule has 4 nitrogen and oxygen atoms in total. The van der Waals surface area contributed by atoms with Crippen LogP contribution in [-0.4, -0.2) is 9.55 Å². The summed E-state index contributed by atoms with van der Waals surface area (Å²) in [5.74, 6) is 1.16. The molecule has 0 bridgehead atoms. The molecule has 2 rings (SSSR count). The first-order valence-electron chi connectivity index (χ1n) is 7.35. The monoisotopic (exact) mass is 270 g/mol. The van der Waals surface area contributed by atoms with E-state index in [-0.39, 0.29) is 0 Å². The molecule has 0 saturated heterocycles. The van der Waals surface area contributed by atoms with Crippen molar-refractivity contribution in [1.29, 1.82) is 5.26 Å². The van der Waals surface area contributed by atoms with Crippen LogP contribution in [0.4, 0.5) is 5.95 Å². The van der Waals surface area contributed by atoms with E-state index in [2.05, 4.69) is 29.5 Å². The first-order valence-corrected chi connectivity index (χ1v) is 7.35. The van der Waals surface area contributed by atoms with Gasteiger partial charge in [-0.3, -0.25) is 0 Å². The first-order chi connectivity index (χ1) is 9.69. The van der Waals surface area contributed by atoms with E-state index in [4.69, 9.17) is 11.0 Å². The van der Waals surface area contributed by atoms with E-state index in [1.807, 2.05) is 12.1 Å². The summed E-state index contributed by atoms with van der Waals surface area (Å²) in [7, 11) is 0. The summed E-state index contributed by atoms with van der Waals surface area (Å²) in [6, 6.07) is 7.71. The Hall–Kier alpha value is -2.02. The summed E-state index contributed by atoms with van der Waals surface area (Å²) in [4.78, 5) is 4.39. The Morgan fingerprint density at radius 1 is 1.40 bits per heavy atom. The van der Waals surface area contributed by atoms with Gasteiger partial charge in [-0.2, -0.15) is 5.26 Å². The molecule has 2 aromatic rings. The third-order valence-electron chi connectivity index (χ3n) is 3.89. The molecule has 1 atom stereocenters. The van der Waals surface area contributed by atoms with Crippen LogP contribution in [0.15, 0.2) is 18.2 Å². The van der Waals surface area contributed by atoms with E-state index in [0.717, 1.165) is 24.0 Å². The number of hydrogen-bond donors (Lipinski definition) is 1. The lowest BCUT2D eigenvalue weighted by atomic mass is 9.99. The number of nitrogen functional groups attached to an aromatic ring is 1. The Bertz CT molecular complexity index is 621. The number of nitrogens with two attached hydrogens (primary N) is 1. The smallest absolute Gasteiger partial charge is 0.201 e. The van der Waals surface area contributed by atoms with E-state index in [9.17, 15) is 0 Å². The minimum atomic E-state index is 0.546. The summed E-state index contributed by atoms with van der Waals surface area (Å²) >= 11 is 0. The molecule has 0 radical (unpaired) electrons. The maximum atomic E-state index is 9.03. The van der Waals surface area contributed by atoms with Gasteiger partial charge in [0, 0.05) is 6.54 Å². The molecule has 0 fully saturated rings. The molecule has 106 valence electrons.